The minimum atomic E-state index is -0.353. The highest BCUT2D eigenvalue weighted by atomic mass is 16.5. The van der Waals surface area contributed by atoms with E-state index < -0.39 is 0 Å². The molecule has 1 amide bonds. The number of hydrogen-bond donors (Lipinski definition) is 2. The van der Waals surface area contributed by atoms with Crippen molar-refractivity contribution in [3.63, 3.8) is 0 Å². The van der Waals surface area contributed by atoms with Crippen LogP contribution in [0.5, 0.6) is 0 Å². The maximum absolute atomic E-state index is 12.1. The maximum atomic E-state index is 12.1. The highest BCUT2D eigenvalue weighted by Gasteiger charge is 2.26. The molecule has 104 valence electrons. The van der Waals surface area contributed by atoms with Gasteiger partial charge in [-0.1, -0.05) is 6.92 Å². The molecule has 0 unspecified atom stereocenters. The highest BCUT2D eigenvalue weighted by molar-refractivity contribution is 6.02. The van der Waals surface area contributed by atoms with Crippen LogP contribution in [0.4, 0.5) is 5.82 Å². The van der Waals surface area contributed by atoms with Crippen LogP contribution in [0.15, 0.2) is 0 Å². The van der Waals surface area contributed by atoms with Gasteiger partial charge in [0.25, 0.3) is 0 Å². The number of hydrogen-bond acceptors (Lipinski definition) is 3. The predicted octanol–water partition coefficient (Wildman–Crippen LogP) is 2.42. The van der Waals surface area contributed by atoms with Gasteiger partial charge in [0.1, 0.15) is 11.4 Å². The van der Waals surface area contributed by atoms with E-state index in [1.807, 2.05) is 0 Å². The lowest BCUT2D eigenvalue weighted by Crippen LogP contribution is -2.15. The molecular formula is C14H20N2O3. The molecule has 0 fully saturated rings. The summed E-state index contributed by atoms with van der Waals surface area (Å²) in [4.78, 5) is 26.8. The average Bonchev–Trinajstić information content (AvgIpc) is 2.76. The van der Waals surface area contributed by atoms with E-state index >= 15 is 0 Å². The zero-order chi connectivity index (χ0) is 13.8. The fourth-order valence-electron chi connectivity index (χ4n) is 2.43. The first-order valence-corrected chi connectivity index (χ1v) is 6.88. The maximum Gasteiger partial charge on any atom is 0.342 e. The molecule has 2 N–H and O–H groups in total. The number of carbonyl (C=O) groups is 2. The first kappa shape index (κ1) is 13.6. The molecule has 1 aliphatic carbocycles. The third-order valence-electron chi connectivity index (χ3n) is 3.36. The molecule has 1 aromatic heterocycles. The molecule has 1 aliphatic rings. The Kier molecular flexibility index (Phi) is 4.24. The van der Waals surface area contributed by atoms with Gasteiger partial charge in [-0.05, 0) is 38.2 Å². The zero-order valence-corrected chi connectivity index (χ0v) is 11.5. The molecule has 2 rings (SSSR count). The first-order chi connectivity index (χ1) is 9.17. The van der Waals surface area contributed by atoms with Crippen LogP contribution in [0.25, 0.3) is 0 Å². The predicted molar refractivity (Wildman–Crippen MR) is 72.3 cm³/mol. The quantitative estimate of drug-likeness (QED) is 0.820. The number of H-pyrrole nitrogens is 1. The number of rotatable bonds is 4. The molecule has 0 aliphatic heterocycles. The Bertz CT molecular complexity index is 491. The fraction of sp³-hybridized carbons (Fsp3) is 0.571. The number of amides is 1. The van der Waals surface area contributed by atoms with Crippen molar-refractivity contribution in [1.29, 1.82) is 0 Å². The van der Waals surface area contributed by atoms with Crippen molar-refractivity contribution < 1.29 is 14.3 Å². The Hall–Kier alpha value is -1.78. The summed E-state index contributed by atoms with van der Waals surface area (Å²) in [6, 6.07) is 0. The lowest BCUT2D eigenvalue weighted by molar-refractivity contribution is -0.115. The molecule has 0 aromatic carbocycles. The summed E-state index contributed by atoms with van der Waals surface area (Å²) < 4.78 is 5.10. The molecule has 0 spiro atoms. The lowest BCUT2D eigenvalue weighted by atomic mass is 9.95. The van der Waals surface area contributed by atoms with Crippen LogP contribution >= 0.6 is 0 Å². The van der Waals surface area contributed by atoms with Gasteiger partial charge >= 0.3 is 5.97 Å². The minimum absolute atomic E-state index is 0.107. The molecule has 1 heterocycles. The van der Waals surface area contributed by atoms with Crippen LogP contribution in [-0.2, 0) is 22.4 Å². The first-order valence-electron chi connectivity index (χ1n) is 6.88. The van der Waals surface area contributed by atoms with Gasteiger partial charge in [0.05, 0.1) is 6.61 Å². The smallest absolute Gasteiger partial charge is 0.342 e. The van der Waals surface area contributed by atoms with Crippen LogP contribution in [0.3, 0.4) is 0 Å². The molecule has 0 radical (unpaired) electrons. The number of esters is 1. The van der Waals surface area contributed by atoms with E-state index in [-0.39, 0.29) is 11.9 Å². The van der Waals surface area contributed by atoms with Crippen LogP contribution in [0.1, 0.15) is 54.7 Å². The summed E-state index contributed by atoms with van der Waals surface area (Å²) in [5.74, 6) is 0.0367. The summed E-state index contributed by atoms with van der Waals surface area (Å²) >= 11 is 0. The average molecular weight is 264 g/mol. The molecule has 0 saturated carbocycles. The second kappa shape index (κ2) is 5.91. The van der Waals surface area contributed by atoms with E-state index in [1.165, 1.54) is 0 Å². The van der Waals surface area contributed by atoms with Gasteiger partial charge in [0.15, 0.2) is 0 Å². The number of nitrogens with one attached hydrogen (secondary N) is 2. The van der Waals surface area contributed by atoms with Crippen molar-refractivity contribution in [2.45, 2.75) is 46.0 Å². The third kappa shape index (κ3) is 2.80. The third-order valence-corrected chi connectivity index (χ3v) is 3.36. The van der Waals surface area contributed by atoms with Gasteiger partial charge in [0.2, 0.25) is 5.91 Å². The fourth-order valence-corrected chi connectivity index (χ4v) is 2.43. The second-order valence-electron chi connectivity index (χ2n) is 4.66. The summed E-state index contributed by atoms with van der Waals surface area (Å²) in [5.41, 5.74) is 2.58. The molecule has 5 heteroatoms. The number of aromatic amines is 1. The number of anilines is 1. The summed E-state index contributed by atoms with van der Waals surface area (Å²) in [6.45, 7) is 3.89. The van der Waals surface area contributed by atoms with E-state index in [0.717, 1.165) is 36.9 Å². The van der Waals surface area contributed by atoms with Gasteiger partial charge in [-0.3, -0.25) is 4.79 Å². The Morgan fingerprint density at radius 3 is 2.68 bits per heavy atom. The Morgan fingerprint density at radius 1 is 1.26 bits per heavy atom. The van der Waals surface area contributed by atoms with Crippen LogP contribution in [-0.4, -0.2) is 23.5 Å². The SMILES string of the molecule is CCOC(=O)c1c(NC(=O)CC)[nH]c2c1CCCC2. The molecule has 0 bridgehead atoms. The van der Waals surface area contributed by atoms with Crippen molar-refractivity contribution in [2.75, 3.05) is 11.9 Å². The topological polar surface area (TPSA) is 71.2 Å². The van der Waals surface area contributed by atoms with Gasteiger partial charge in [-0.25, -0.2) is 4.79 Å². The van der Waals surface area contributed by atoms with E-state index in [0.29, 0.717) is 24.4 Å². The Balaban J connectivity index is 2.37. The second-order valence-corrected chi connectivity index (χ2v) is 4.66. The molecule has 0 atom stereocenters. The highest BCUT2D eigenvalue weighted by Crippen LogP contribution is 2.30. The summed E-state index contributed by atoms with van der Waals surface area (Å²) in [6.07, 6.45) is 4.34. The monoisotopic (exact) mass is 264 g/mol. The van der Waals surface area contributed by atoms with E-state index in [4.69, 9.17) is 4.74 Å². The Labute approximate surface area is 112 Å². The van der Waals surface area contributed by atoms with Crippen molar-refractivity contribution in [2.24, 2.45) is 0 Å². The number of aromatic nitrogens is 1. The van der Waals surface area contributed by atoms with Gasteiger partial charge < -0.3 is 15.0 Å². The number of carbonyl (C=O) groups excluding carboxylic acids is 2. The molecule has 0 saturated heterocycles. The summed E-state index contributed by atoms with van der Waals surface area (Å²) in [7, 11) is 0. The summed E-state index contributed by atoms with van der Waals surface area (Å²) in [5, 5.41) is 2.76. The van der Waals surface area contributed by atoms with E-state index in [1.54, 1.807) is 13.8 Å². The Morgan fingerprint density at radius 2 is 2.00 bits per heavy atom. The van der Waals surface area contributed by atoms with Gasteiger partial charge in [-0.15, -0.1) is 0 Å². The van der Waals surface area contributed by atoms with Crippen LogP contribution in [0, 0.1) is 0 Å². The van der Waals surface area contributed by atoms with Crippen molar-refractivity contribution >= 4 is 17.7 Å². The normalized spacial score (nSPS) is 13.8. The van der Waals surface area contributed by atoms with Gasteiger partial charge in [-0.2, -0.15) is 0 Å². The van der Waals surface area contributed by atoms with Crippen LogP contribution < -0.4 is 5.32 Å². The number of ether oxygens (including phenoxy) is 1. The number of aryl methyl sites for hydroxylation is 1. The largest absolute Gasteiger partial charge is 0.462 e. The minimum Gasteiger partial charge on any atom is -0.462 e. The van der Waals surface area contributed by atoms with Gasteiger partial charge in [0, 0.05) is 12.1 Å². The molecule has 1 aromatic rings. The zero-order valence-electron chi connectivity index (χ0n) is 11.5. The standard InChI is InChI=1S/C14H20N2O3/c1-3-11(17)16-13-12(14(18)19-4-2)9-7-5-6-8-10(9)15-13/h15H,3-8H2,1-2H3,(H,16,17). The molecular weight excluding hydrogens is 244 g/mol. The molecule has 5 nitrogen and oxygen atoms in total. The van der Waals surface area contributed by atoms with Crippen molar-refractivity contribution in [3.8, 4) is 0 Å². The number of fused-ring (bicyclic) bond motifs is 1. The van der Waals surface area contributed by atoms with E-state index in [9.17, 15) is 9.59 Å². The molecule has 19 heavy (non-hydrogen) atoms. The van der Waals surface area contributed by atoms with E-state index in [2.05, 4.69) is 10.3 Å². The van der Waals surface area contributed by atoms with Crippen LogP contribution in [0.2, 0.25) is 0 Å². The lowest BCUT2D eigenvalue weighted by Gasteiger charge is -2.12. The van der Waals surface area contributed by atoms with Crippen molar-refractivity contribution in [1.82, 2.24) is 4.98 Å². The van der Waals surface area contributed by atoms with Crippen molar-refractivity contribution in [3.05, 3.63) is 16.8 Å².